The zero-order valence-corrected chi connectivity index (χ0v) is 11.0. The third-order valence-corrected chi connectivity index (χ3v) is 2.89. The molecule has 0 aliphatic rings. The molecule has 0 aliphatic carbocycles. The van der Waals surface area contributed by atoms with E-state index in [-0.39, 0.29) is 11.5 Å². The van der Waals surface area contributed by atoms with E-state index < -0.39 is 0 Å². The maximum atomic E-state index is 12.1. The van der Waals surface area contributed by atoms with Gasteiger partial charge in [0, 0.05) is 23.0 Å². The van der Waals surface area contributed by atoms with Crippen molar-refractivity contribution in [3.63, 3.8) is 0 Å². The van der Waals surface area contributed by atoms with Gasteiger partial charge >= 0.3 is 0 Å². The summed E-state index contributed by atoms with van der Waals surface area (Å²) in [5, 5.41) is 2.84. The third-order valence-electron chi connectivity index (χ3n) is 2.89. The Kier molecular flexibility index (Phi) is 3.80. The first-order chi connectivity index (χ1) is 9.10. The third kappa shape index (κ3) is 3.10. The van der Waals surface area contributed by atoms with Gasteiger partial charge in [0.1, 0.15) is 0 Å². The van der Waals surface area contributed by atoms with Gasteiger partial charge in [-0.25, -0.2) is 0 Å². The van der Waals surface area contributed by atoms with E-state index in [9.17, 15) is 9.59 Å². The summed E-state index contributed by atoms with van der Waals surface area (Å²) in [5.41, 5.74) is 2.62. The van der Waals surface area contributed by atoms with Crippen LogP contribution in [0.1, 0.15) is 28.5 Å². The van der Waals surface area contributed by atoms with Crippen LogP contribution in [0.3, 0.4) is 0 Å². The first kappa shape index (κ1) is 13.1. The summed E-state index contributed by atoms with van der Waals surface area (Å²) in [5.74, 6) is -0.268. The molecular formula is C15H16N2O2. The number of nitrogens with one attached hydrogen (secondary N) is 2. The summed E-state index contributed by atoms with van der Waals surface area (Å²) >= 11 is 0. The van der Waals surface area contributed by atoms with Crippen molar-refractivity contribution >= 4 is 11.6 Å². The molecule has 1 amide bonds. The van der Waals surface area contributed by atoms with Gasteiger partial charge in [-0.1, -0.05) is 25.1 Å². The minimum atomic E-state index is -0.270. The van der Waals surface area contributed by atoms with Gasteiger partial charge in [0.25, 0.3) is 5.91 Å². The van der Waals surface area contributed by atoms with E-state index in [0.717, 1.165) is 17.7 Å². The maximum Gasteiger partial charge on any atom is 0.255 e. The highest BCUT2D eigenvalue weighted by atomic mass is 16.2. The number of aryl methyl sites for hydroxylation is 2. The van der Waals surface area contributed by atoms with E-state index in [1.165, 1.54) is 6.07 Å². The zero-order valence-electron chi connectivity index (χ0n) is 11.0. The molecule has 2 N–H and O–H groups in total. The number of aromatic amines is 1. The van der Waals surface area contributed by atoms with Gasteiger partial charge in [0.05, 0.1) is 0 Å². The highest BCUT2D eigenvalue weighted by Gasteiger charge is 2.09. The normalized spacial score (nSPS) is 10.2. The van der Waals surface area contributed by atoms with Crippen molar-refractivity contribution in [2.24, 2.45) is 0 Å². The molecule has 0 bridgehead atoms. The van der Waals surface area contributed by atoms with E-state index in [1.807, 2.05) is 31.2 Å². The topological polar surface area (TPSA) is 62.0 Å². The fourth-order valence-electron chi connectivity index (χ4n) is 1.96. The fourth-order valence-corrected chi connectivity index (χ4v) is 1.96. The molecule has 0 aliphatic heterocycles. The second kappa shape index (κ2) is 5.52. The van der Waals surface area contributed by atoms with Crippen LogP contribution in [0, 0.1) is 6.92 Å². The molecule has 4 heteroatoms. The van der Waals surface area contributed by atoms with Crippen LogP contribution < -0.4 is 10.9 Å². The molecular weight excluding hydrogens is 240 g/mol. The molecule has 0 saturated heterocycles. The molecule has 19 heavy (non-hydrogen) atoms. The average Bonchev–Trinajstić information content (AvgIpc) is 2.38. The van der Waals surface area contributed by atoms with Crippen molar-refractivity contribution in [3.05, 3.63) is 63.6 Å². The maximum absolute atomic E-state index is 12.1. The number of carbonyl (C=O) groups excluding carboxylic acids is 1. The first-order valence-electron chi connectivity index (χ1n) is 6.20. The molecule has 1 heterocycles. The summed E-state index contributed by atoms with van der Waals surface area (Å²) in [6.07, 6.45) is 0.838. The largest absolute Gasteiger partial charge is 0.326 e. The van der Waals surface area contributed by atoms with E-state index in [4.69, 9.17) is 0 Å². The van der Waals surface area contributed by atoms with Crippen molar-refractivity contribution < 1.29 is 4.79 Å². The van der Waals surface area contributed by atoms with Crippen molar-refractivity contribution in [2.75, 3.05) is 5.32 Å². The lowest BCUT2D eigenvalue weighted by Crippen LogP contribution is -2.17. The molecule has 4 nitrogen and oxygen atoms in total. The Bertz CT molecular complexity index is 659. The molecule has 2 aromatic rings. The molecule has 1 aromatic carbocycles. The van der Waals surface area contributed by atoms with E-state index >= 15 is 0 Å². The molecule has 1 aromatic heterocycles. The highest BCUT2D eigenvalue weighted by Crippen LogP contribution is 2.16. The number of aromatic nitrogens is 1. The number of H-pyrrole nitrogens is 1. The highest BCUT2D eigenvalue weighted by molar-refractivity contribution is 6.04. The number of para-hydroxylation sites is 1. The lowest BCUT2D eigenvalue weighted by atomic mass is 10.1. The molecule has 0 atom stereocenters. The van der Waals surface area contributed by atoms with Gasteiger partial charge in [-0.2, -0.15) is 0 Å². The molecule has 2 rings (SSSR count). The number of pyridine rings is 1. The van der Waals surface area contributed by atoms with Gasteiger partial charge in [-0.05, 0) is 31.0 Å². The van der Waals surface area contributed by atoms with E-state index in [1.54, 1.807) is 13.0 Å². The lowest BCUT2D eigenvalue weighted by Gasteiger charge is -2.09. The van der Waals surface area contributed by atoms with Gasteiger partial charge in [0.2, 0.25) is 5.56 Å². The van der Waals surface area contributed by atoms with Crippen molar-refractivity contribution in [3.8, 4) is 0 Å². The van der Waals surface area contributed by atoms with Crippen LogP contribution >= 0.6 is 0 Å². The van der Waals surface area contributed by atoms with Crippen LogP contribution in [-0.4, -0.2) is 10.9 Å². The van der Waals surface area contributed by atoms with Crippen LogP contribution in [-0.2, 0) is 6.42 Å². The smallest absolute Gasteiger partial charge is 0.255 e. The average molecular weight is 256 g/mol. The number of carbonyl (C=O) groups is 1. The summed E-state index contributed by atoms with van der Waals surface area (Å²) in [7, 11) is 0. The molecule has 0 saturated carbocycles. The number of rotatable bonds is 3. The van der Waals surface area contributed by atoms with Crippen LogP contribution in [0.4, 0.5) is 5.69 Å². The quantitative estimate of drug-likeness (QED) is 0.886. The Hall–Kier alpha value is -2.36. The van der Waals surface area contributed by atoms with Crippen molar-refractivity contribution in [2.45, 2.75) is 20.3 Å². The Morgan fingerprint density at radius 3 is 2.68 bits per heavy atom. The van der Waals surface area contributed by atoms with E-state index in [2.05, 4.69) is 10.3 Å². The van der Waals surface area contributed by atoms with Crippen LogP contribution in [0.15, 0.2) is 41.2 Å². The zero-order chi connectivity index (χ0) is 13.8. The number of benzene rings is 1. The predicted octanol–water partition coefficient (Wildman–Crippen LogP) is 2.50. The monoisotopic (exact) mass is 256 g/mol. The van der Waals surface area contributed by atoms with Crippen LogP contribution in [0.25, 0.3) is 0 Å². The molecule has 0 fully saturated rings. The minimum Gasteiger partial charge on any atom is -0.326 e. The van der Waals surface area contributed by atoms with Gasteiger partial charge in [-0.3, -0.25) is 9.59 Å². The second-order valence-corrected chi connectivity index (χ2v) is 4.38. The Morgan fingerprint density at radius 2 is 2.00 bits per heavy atom. The van der Waals surface area contributed by atoms with Gasteiger partial charge in [0.15, 0.2) is 0 Å². The minimum absolute atomic E-state index is 0.268. The summed E-state index contributed by atoms with van der Waals surface area (Å²) in [6, 6.07) is 10.6. The van der Waals surface area contributed by atoms with Crippen molar-refractivity contribution in [1.82, 2.24) is 4.98 Å². The molecule has 0 spiro atoms. The Balaban J connectivity index is 2.28. The summed E-state index contributed by atoms with van der Waals surface area (Å²) < 4.78 is 0. The number of amides is 1. The fraction of sp³-hybridized carbons (Fsp3) is 0.200. The van der Waals surface area contributed by atoms with E-state index in [0.29, 0.717) is 11.3 Å². The van der Waals surface area contributed by atoms with Gasteiger partial charge < -0.3 is 10.3 Å². The summed E-state index contributed by atoms with van der Waals surface area (Å²) in [6.45, 7) is 3.78. The number of anilines is 1. The predicted molar refractivity (Wildman–Crippen MR) is 75.6 cm³/mol. The number of hydrogen-bond acceptors (Lipinski definition) is 2. The van der Waals surface area contributed by atoms with Crippen molar-refractivity contribution in [1.29, 1.82) is 0 Å². The Labute approximate surface area is 111 Å². The summed E-state index contributed by atoms with van der Waals surface area (Å²) in [4.78, 5) is 26.1. The first-order valence-corrected chi connectivity index (χ1v) is 6.20. The standard InChI is InChI=1S/C15H16N2O2/c1-3-11-6-4-5-7-13(11)17-15(19)12-8-10(2)16-14(18)9-12/h4-9H,3H2,1-2H3,(H,16,18)(H,17,19). The molecule has 0 radical (unpaired) electrons. The SMILES string of the molecule is CCc1ccccc1NC(=O)c1cc(C)[nH]c(=O)c1. The molecule has 0 unspecified atom stereocenters. The van der Waals surface area contributed by atoms with Crippen LogP contribution in [0.2, 0.25) is 0 Å². The van der Waals surface area contributed by atoms with Crippen LogP contribution in [0.5, 0.6) is 0 Å². The lowest BCUT2D eigenvalue weighted by molar-refractivity contribution is 0.102. The van der Waals surface area contributed by atoms with Gasteiger partial charge in [-0.15, -0.1) is 0 Å². The number of hydrogen-bond donors (Lipinski definition) is 2. The molecule has 98 valence electrons. The second-order valence-electron chi connectivity index (χ2n) is 4.38. The Morgan fingerprint density at radius 1 is 1.26 bits per heavy atom.